The van der Waals surface area contributed by atoms with E-state index < -0.39 is 220 Å². The second-order valence-electron chi connectivity index (χ2n) is 23.7. The fourth-order valence-corrected chi connectivity index (χ4v) is 11.1. The van der Waals surface area contributed by atoms with Crippen LogP contribution in [0.5, 0.6) is 11.5 Å². The van der Waals surface area contributed by atoms with Gasteiger partial charge in [0.05, 0.1) is 55.1 Å². The van der Waals surface area contributed by atoms with Gasteiger partial charge in [-0.2, -0.15) is 18.2 Å². The Labute approximate surface area is 603 Å². The second kappa shape index (κ2) is 24.6. The fraction of sp³-hybridized carbons (Fsp3) is 0.103. The maximum absolute atomic E-state index is 10.7. The Balaban J connectivity index is 0.0000125. The van der Waals surface area contributed by atoms with Crippen molar-refractivity contribution < 1.29 is 72.9 Å². The number of nitrogens with zero attached hydrogens (tertiary/aromatic N) is 4. The van der Waals surface area contributed by atoms with Crippen molar-refractivity contribution >= 4 is 32.8 Å². The minimum atomic E-state index is -2.95. The Morgan fingerprint density at radius 1 is 0.452 bits per heavy atom. The summed E-state index contributed by atoms with van der Waals surface area (Å²) in [7, 11) is 0. The van der Waals surface area contributed by atoms with Crippen LogP contribution >= 0.6 is 0 Å². The van der Waals surface area contributed by atoms with Crippen molar-refractivity contribution in [1.29, 1.82) is 0 Å². The van der Waals surface area contributed by atoms with Crippen LogP contribution in [0, 0.1) is 25.3 Å². The van der Waals surface area contributed by atoms with E-state index in [0.717, 1.165) is 6.20 Å². The zero-order valence-electron chi connectivity index (χ0n) is 81.5. The molecule has 0 spiro atoms. The molecule has 0 atom stereocenters. The predicted octanol–water partition coefficient (Wildman–Crippen LogP) is 22.2. The van der Waals surface area contributed by atoms with E-state index in [2.05, 4.69) is 18.5 Å². The van der Waals surface area contributed by atoms with Crippen molar-refractivity contribution in [3.8, 4) is 107 Å². The van der Waals surface area contributed by atoms with Gasteiger partial charge in [0, 0.05) is 54.0 Å². The summed E-state index contributed by atoms with van der Waals surface area (Å²) >= 11 is 0. The molecule has 0 fully saturated rings. The molecule has 93 heavy (non-hydrogen) atoms. The van der Waals surface area contributed by atoms with Crippen molar-refractivity contribution in [2.75, 3.05) is 0 Å². The number of para-hydroxylation sites is 1. The molecule has 0 bridgehead atoms. The summed E-state index contributed by atoms with van der Waals surface area (Å²) in [6.45, 7) is 8.81. The molecule has 0 N–H and O–H groups in total. The average molecular weight is 1410 g/mol. The molecule has 0 aliphatic heterocycles. The number of benzene rings is 12. The maximum atomic E-state index is 10.7. The van der Waals surface area contributed by atoms with Gasteiger partial charge >= 0.3 is 0 Å². The molecule has 0 radical (unpaired) electrons. The summed E-state index contributed by atoms with van der Waals surface area (Å²) in [6, 6.07) is 13.3. The third kappa shape index (κ3) is 11.8. The summed E-state index contributed by atoms with van der Waals surface area (Å²) in [4.78, 5) is 4.70. The molecule has 0 aliphatic carbocycles. The third-order valence-electron chi connectivity index (χ3n) is 15.7. The van der Waals surface area contributed by atoms with Crippen LogP contribution in [-0.4, -0.2) is 14.1 Å². The molecule has 0 aliphatic rings. The summed E-state index contributed by atoms with van der Waals surface area (Å²) in [5, 5.41) is 1.24. The Morgan fingerprint density at radius 2 is 1.00 bits per heavy atom. The maximum Gasteiger partial charge on any atom is 0.268 e. The summed E-state index contributed by atoms with van der Waals surface area (Å²) in [6.07, 6.45) is 4.61. The Morgan fingerprint density at radius 3 is 1.60 bits per heavy atom. The van der Waals surface area contributed by atoms with E-state index in [1.165, 1.54) is 45.5 Å². The van der Waals surface area contributed by atoms with Crippen LogP contribution in [-0.2, 0) is 31.9 Å². The number of hydrogen-bond donors (Lipinski definition) is 0. The van der Waals surface area contributed by atoms with E-state index in [1.807, 2.05) is 65.8 Å². The Kier molecular flexibility index (Phi) is 9.08. The number of ether oxygens (including phenoxy) is 1. The number of hydrogen-bond acceptors (Lipinski definition) is 2. The topological polar surface area (TPSA) is 35.9 Å². The van der Waals surface area contributed by atoms with Crippen molar-refractivity contribution in [2.24, 2.45) is 0 Å². The van der Waals surface area contributed by atoms with Crippen LogP contribution in [0.2, 0.25) is 0 Å². The van der Waals surface area contributed by atoms with Crippen LogP contribution < -0.4 is 9.30 Å². The predicted molar refractivity (Wildman–Crippen MR) is 380 cm³/mol. The smallest absolute Gasteiger partial charge is 0.268 e. The van der Waals surface area contributed by atoms with E-state index in [9.17, 15) is 15.1 Å². The van der Waals surface area contributed by atoms with Gasteiger partial charge in [-0.3, -0.25) is 4.57 Å². The van der Waals surface area contributed by atoms with Crippen molar-refractivity contribution in [3.05, 3.63) is 320 Å². The quantitative estimate of drug-likeness (QED) is 0.0903. The molecule has 3 aromatic heterocycles. The molecule has 0 amide bonds. The van der Waals surface area contributed by atoms with Gasteiger partial charge in [-0.15, -0.1) is 29.7 Å². The molecular formula is C87H68N4OPt-2. The van der Waals surface area contributed by atoms with Crippen molar-refractivity contribution in [3.63, 3.8) is 0 Å². The molecule has 12 aromatic carbocycles. The molecular weight excluding hydrogens is 1310 g/mol. The molecule has 15 rings (SSSR count). The number of aromatic nitrogens is 4. The van der Waals surface area contributed by atoms with Gasteiger partial charge in [0.1, 0.15) is 5.82 Å². The minimum absolute atomic E-state index is 0. The SMILES string of the molecule is [2H]c1c([2H])c([2H])c(-c2cc(-c3cc(C(C)(C)C)cc(C(C)(C)C)c3)c(-[n+]3[c-]n(-c4[c-]c(Oc5[c-]c6c(cc5)c5ccccc5n6-c5cc(C([2H])([2H])[2H])c(-c6c([2H])c([2H])c([2H])c([2H])c6[2H])cn5)ccc4)c4cc(-c5c([2H])c([2H])c([2H])c([2H])c5[2H])ccc43)c(-c3c([2H])c(-c4c([2H])c([2H])c([2H])c([2H])c4[2H])c([2H])c(-c4c([2H])c([2H])c([2H])c([2H])c4[2H])c3[2H])c2)c([2H])c1[2H].[Pt]. The zero-order chi connectivity index (χ0) is 89.5. The standard InChI is InChI=1S/C87H68N4O.Pt/c1-58-44-84(88-56-79(58)63-34-21-12-22-35-63)91-80-39-24-23-38-75(80)76-42-41-74(55-82(76)91)92-73-37-25-36-72(54-73)89-57-90(81-43-40-64(52-83(81)89)59-26-13-8-14-27-59)85-77(68-46-65(60-28-15-9-16-29-60)45-66(47-68)61-30-17-10-18-31-61)50-67(62-32-19-11-20-33-62)51-78(85)69-48-70(86(2,3)4)53-71(49-69)87(5,6)7;/h8-53,56H,1-7H3;/q-2;/i1D3,8D,9D,10D,11D,12D,13D,14D,15D,16D,17D,18D,19D,20D,21D,22D,26D,27D,28D,29D,30D,31D,32D,33D,34D,35D,45D,46D,47D;. The summed E-state index contributed by atoms with van der Waals surface area (Å²) in [5.74, 6) is 0.0413. The molecule has 454 valence electrons. The molecule has 0 unspecified atom stereocenters. The van der Waals surface area contributed by atoms with E-state index in [1.54, 1.807) is 53.1 Å². The fourth-order valence-electron chi connectivity index (χ4n) is 11.1. The second-order valence-corrected chi connectivity index (χ2v) is 23.7. The van der Waals surface area contributed by atoms with Crippen LogP contribution in [0.1, 0.15) is 101 Å². The van der Waals surface area contributed by atoms with Gasteiger partial charge in [-0.05, 0) is 166 Å². The normalized spacial score (nSPS) is 16.6. The molecule has 0 saturated heterocycles. The monoisotopic (exact) mass is 1410 g/mol. The van der Waals surface area contributed by atoms with Crippen LogP contribution in [0.3, 0.4) is 0 Å². The van der Waals surface area contributed by atoms with Crippen LogP contribution in [0.15, 0.2) is 285 Å². The van der Waals surface area contributed by atoms with Crippen LogP contribution in [0.4, 0.5) is 0 Å². The Hall–Kier alpha value is -10.5. The number of pyridine rings is 1. The molecule has 15 aromatic rings. The van der Waals surface area contributed by atoms with Crippen LogP contribution in [0.25, 0.3) is 128 Å². The number of aryl methyl sites for hydroxylation is 1. The van der Waals surface area contributed by atoms with Gasteiger partial charge in [-0.1, -0.05) is 247 Å². The molecule has 6 heteroatoms. The van der Waals surface area contributed by atoms with Gasteiger partial charge in [0.2, 0.25) is 0 Å². The number of rotatable bonds is 12. The first-order valence-corrected chi connectivity index (χ1v) is 29.1. The average Bonchev–Trinajstić information content (AvgIpc) is 1.06. The van der Waals surface area contributed by atoms with E-state index >= 15 is 0 Å². The molecule has 0 saturated carbocycles. The van der Waals surface area contributed by atoms with Gasteiger partial charge in [0.25, 0.3) is 6.33 Å². The Bertz CT molecular complexity index is 6890. The minimum Gasteiger partial charge on any atom is -0.510 e. The van der Waals surface area contributed by atoms with E-state index in [0.29, 0.717) is 38.5 Å². The van der Waals surface area contributed by atoms with Crippen molar-refractivity contribution in [2.45, 2.75) is 59.2 Å². The van der Waals surface area contributed by atoms with Gasteiger partial charge in [-0.25, -0.2) is 4.98 Å². The van der Waals surface area contributed by atoms with Gasteiger partial charge in [0.15, 0.2) is 0 Å². The number of fused-ring (bicyclic) bond motifs is 4. The largest absolute Gasteiger partial charge is 0.510 e. The zero-order valence-corrected chi connectivity index (χ0v) is 52.8. The van der Waals surface area contributed by atoms with E-state index in [4.69, 9.17) is 37.1 Å². The van der Waals surface area contributed by atoms with Gasteiger partial charge < -0.3 is 13.9 Å². The first-order chi connectivity index (χ1) is 57.6. The third-order valence-corrected chi connectivity index (χ3v) is 15.7. The summed E-state index contributed by atoms with van der Waals surface area (Å²) < 4.78 is 294. The number of imidazole rings is 1. The molecule has 3 heterocycles. The first kappa shape index (κ1) is 34.3. The van der Waals surface area contributed by atoms with E-state index in [-0.39, 0.29) is 105 Å². The molecule has 5 nitrogen and oxygen atoms in total. The van der Waals surface area contributed by atoms with Crippen molar-refractivity contribution in [1.82, 2.24) is 14.1 Å². The summed E-state index contributed by atoms with van der Waals surface area (Å²) in [5.41, 5.74) is -4.71. The first-order valence-electron chi connectivity index (χ1n) is 44.6.